The highest BCUT2D eigenvalue weighted by atomic mass is 79.9. The van der Waals surface area contributed by atoms with E-state index in [0.29, 0.717) is 34.2 Å². The zero-order valence-corrected chi connectivity index (χ0v) is 18.0. The smallest absolute Gasteiger partial charge is 0.338 e. The number of hydrogen-bond acceptors (Lipinski definition) is 6. The number of allylic oxidation sites excluding steroid dienone is 1. The van der Waals surface area contributed by atoms with E-state index in [1.54, 1.807) is 25.9 Å². The molecule has 2 heterocycles. The molecule has 0 spiro atoms. The van der Waals surface area contributed by atoms with Crippen molar-refractivity contribution in [3.05, 3.63) is 39.5 Å². The number of benzene rings is 1. The van der Waals surface area contributed by atoms with Crippen molar-refractivity contribution in [2.24, 2.45) is 4.99 Å². The van der Waals surface area contributed by atoms with Crippen LogP contribution in [-0.4, -0.2) is 40.9 Å². The second-order valence-corrected chi connectivity index (χ2v) is 8.21. The van der Waals surface area contributed by atoms with Crippen molar-refractivity contribution >= 4 is 44.7 Å². The third-order valence-corrected chi connectivity index (χ3v) is 6.32. The summed E-state index contributed by atoms with van der Waals surface area (Å²) >= 11 is 4.92. The van der Waals surface area contributed by atoms with Crippen LogP contribution < -0.4 is 4.74 Å². The Hall–Kier alpha value is -1.80. The standard InChI is InChI=1S/C19H21BrN2O4S/c1-5-14-17(23)22-16(12-9-11(20)7-8-13(12)25-4)15(18(24)26-6-2)10(3)21-19(22)27-14/h7-9,14,16H,5-6H2,1-4H3/t14-,16+/m1/s1. The fourth-order valence-corrected chi connectivity index (χ4v) is 4.78. The Kier molecular flexibility index (Phi) is 5.95. The SMILES string of the molecule is CCOC(=O)C1=C(C)N=C2S[C@H](CC)C(=O)N2[C@H]1c1cc(Br)ccc1OC. The predicted molar refractivity (Wildman–Crippen MR) is 109 cm³/mol. The number of nitrogens with zero attached hydrogens (tertiary/aromatic N) is 2. The van der Waals surface area contributed by atoms with Crippen LogP contribution in [0.4, 0.5) is 0 Å². The third kappa shape index (κ3) is 3.52. The molecular formula is C19H21BrN2O4S. The predicted octanol–water partition coefficient (Wildman–Crippen LogP) is 4.06. The number of thioether (sulfide) groups is 1. The topological polar surface area (TPSA) is 68.2 Å². The van der Waals surface area contributed by atoms with Crippen LogP contribution in [0.2, 0.25) is 0 Å². The summed E-state index contributed by atoms with van der Waals surface area (Å²) in [6.07, 6.45) is 0.690. The van der Waals surface area contributed by atoms with E-state index in [9.17, 15) is 9.59 Å². The van der Waals surface area contributed by atoms with Crippen molar-refractivity contribution in [2.45, 2.75) is 38.5 Å². The number of carbonyl (C=O) groups excluding carboxylic acids is 2. The first kappa shape index (κ1) is 19.9. The summed E-state index contributed by atoms with van der Waals surface area (Å²) in [5, 5.41) is 0.406. The van der Waals surface area contributed by atoms with E-state index >= 15 is 0 Å². The fraction of sp³-hybridized carbons (Fsp3) is 0.421. The van der Waals surface area contributed by atoms with Crippen molar-refractivity contribution in [1.82, 2.24) is 4.90 Å². The van der Waals surface area contributed by atoms with E-state index in [1.165, 1.54) is 11.8 Å². The Balaban J connectivity index is 2.22. The monoisotopic (exact) mass is 452 g/mol. The normalized spacial score (nSPS) is 21.9. The van der Waals surface area contributed by atoms with E-state index < -0.39 is 12.0 Å². The van der Waals surface area contributed by atoms with Gasteiger partial charge in [-0.1, -0.05) is 34.6 Å². The van der Waals surface area contributed by atoms with Crippen molar-refractivity contribution in [2.75, 3.05) is 13.7 Å². The number of aliphatic imine (C=N–C) groups is 1. The number of halogens is 1. The van der Waals surface area contributed by atoms with Crippen LogP contribution in [0, 0.1) is 0 Å². The summed E-state index contributed by atoms with van der Waals surface area (Å²) in [7, 11) is 1.57. The fourth-order valence-electron chi connectivity index (χ4n) is 3.27. The molecule has 0 bridgehead atoms. The molecule has 1 aromatic rings. The van der Waals surface area contributed by atoms with Crippen LogP contribution in [0.15, 0.2) is 38.9 Å². The molecule has 144 valence electrons. The minimum atomic E-state index is -0.638. The molecule has 1 saturated heterocycles. The average molecular weight is 453 g/mol. The molecular weight excluding hydrogens is 432 g/mol. The van der Waals surface area contributed by atoms with Crippen LogP contribution in [-0.2, 0) is 14.3 Å². The quantitative estimate of drug-likeness (QED) is 0.629. The number of amides is 1. The molecule has 27 heavy (non-hydrogen) atoms. The van der Waals surface area contributed by atoms with Gasteiger partial charge in [0.15, 0.2) is 5.17 Å². The van der Waals surface area contributed by atoms with E-state index in [0.717, 1.165) is 4.47 Å². The van der Waals surface area contributed by atoms with Crippen LogP contribution in [0.25, 0.3) is 0 Å². The number of amidine groups is 1. The van der Waals surface area contributed by atoms with Gasteiger partial charge < -0.3 is 9.47 Å². The molecule has 1 fully saturated rings. The first-order valence-corrected chi connectivity index (χ1v) is 10.4. The van der Waals surface area contributed by atoms with Crippen molar-refractivity contribution in [1.29, 1.82) is 0 Å². The Labute approximate surface area is 171 Å². The van der Waals surface area contributed by atoms with E-state index in [2.05, 4.69) is 20.9 Å². The van der Waals surface area contributed by atoms with Crippen LogP contribution in [0.3, 0.4) is 0 Å². The van der Waals surface area contributed by atoms with Gasteiger partial charge in [-0.2, -0.15) is 0 Å². The highest BCUT2D eigenvalue weighted by Crippen LogP contribution is 2.46. The van der Waals surface area contributed by atoms with Gasteiger partial charge in [0.2, 0.25) is 5.91 Å². The maximum absolute atomic E-state index is 13.1. The summed E-state index contributed by atoms with van der Waals surface area (Å²) in [5.74, 6) is 0.0713. The molecule has 3 rings (SSSR count). The number of esters is 1. The largest absolute Gasteiger partial charge is 0.496 e. The second-order valence-electron chi connectivity index (χ2n) is 6.13. The Morgan fingerprint density at radius 3 is 2.74 bits per heavy atom. The summed E-state index contributed by atoms with van der Waals surface area (Å²) in [6, 6.07) is 4.90. The Morgan fingerprint density at radius 1 is 1.37 bits per heavy atom. The molecule has 1 aromatic carbocycles. The first-order valence-electron chi connectivity index (χ1n) is 8.72. The average Bonchev–Trinajstić information content (AvgIpc) is 2.96. The number of ether oxygens (including phenoxy) is 2. The number of fused-ring (bicyclic) bond motifs is 1. The van der Waals surface area contributed by atoms with Crippen molar-refractivity contribution < 1.29 is 19.1 Å². The summed E-state index contributed by atoms with van der Waals surface area (Å²) in [5.41, 5.74) is 1.64. The minimum absolute atomic E-state index is 0.0532. The summed E-state index contributed by atoms with van der Waals surface area (Å²) in [6.45, 7) is 5.74. The maximum Gasteiger partial charge on any atom is 0.338 e. The molecule has 0 N–H and O–H groups in total. The number of methoxy groups -OCH3 is 1. The molecule has 2 aliphatic rings. The lowest BCUT2D eigenvalue weighted by atomic mass is 9.93. The van der Waals surface area contributed by atoms with Gasteiger partial charge in [0.25, 0.3) is 0 Å². The van der Waals surface area contributed by atoms with E-state index in [-0.39, 0.29) is 17.8 Å². The Morgan fingerprint density at radius 2 is 2.11 bits per heavy atom. The molecule has 0 unspecified atom stereocenters. The first-order chi connectivity index (χ1) is 12.9. The third-order valence-electron chi connectivity index (χ3n) is 4.50. The summed E-state index contributed by atoms with van der Waals surface area (Å²) in [4.78, 5) is 32.0. The number of hydrogen-bond donors (Lipinski definition) is 0. The summed E-state index contributed by atoms with van der Waals surface area (Å²) < 4.78 is 11.6. The lowest BCUT2D eigenvalue weighted by molar-refractivity contribution is -0.139. The minimum Gasteiger partial charge on any atom is -0.496 e. The van der Waals surface area contributed by atoms with E-state index in [1.807, 2.05) is 25.1 Å². The Bertz CT molecular complexity index is 852. The molecule has 2 atom stereocenters. The number of rotatable bonds is 5. The van der Waals surface area contributed by atoms with E-state index in [4.69, 9.17) is 9.47 Å². The van der Waals surface area contributed by atoms with Gasteiger partial charge in [-0.25, -0.2) is 9.79 Å². The van der Waals surface area contributed by atoms with Crippen LogP contribution in [0.5, 0.6) is 5.75 Å². The highest BCUT2D eigenvalue weighted by molar-refractivity contribution is 9.10. The molecule has 0 aromatic heterocycles. The molecule has 0 aliphatic carbocycles. The lowest BCUT2D eigenvalue weighted by Gasteiger charge is -2.33. The van der Waals surface area contributed by atoms with Crippen molar-refractivity contribution in [3.63, 3.8) is 0 Å². The molecule has 8 heteroatoms. The van der Waals surface area contributed by atoms with Gasteiger partial charge in [0.05, 0.1) is 30.2 Å². The van der Waals surface area contributed by atoms with Crippen molar-refractivity contribution in [3.8, 4) is 5.75 Å². The van der Waals surface area contributed by atoms with Gasteiger partial charge >= 0.3 is 5.97 Å². The van der Waals surface area contributed by atoms with Gasteiger partial charge in [0.1, 0.15) is 11.8 Å². The van der Waals surface area contributed by atoms with Gasteiger partial charge in [-0.3, -0.25) is 9.69 Å². The van der Waals surface area contributed by atoms with Gasteiger partial charge in [-0.05, 0) is 38.5 Å². The van der Waals surface area contributed by atoms with Gasteiger partial charge in [0, 0.05) is 10.0 Å². The lowest BCUT2D eigenvalue weighted by Crippen LogP contribution is -2.41. The molecule has 0 saturated carbocycles. The molecule has 6 nitrogen and oxygen atoms in total. The highest BCUT2D eigenvalue weighted by Gasteiger charge is 2.48. The molecule has 1 amide bonds. The molecule has 0 radical (unpaired) electrons. The second kappa shape index (κ2) is 8.06. The van der Waals surface area contributed by atoms with Crippen LogP contribution in [0.1, 0.15) is 38.8 Å². The maximum atomic E-state index is 13.1. The number of carbonyl (C=O) groups is 2. The zero-order chi connectivity index (χ0) is 19.7. The van der Waals surface area contributed by atoms with Crippen LogP contribution >= 0.6 is 27.7 Å². The zero-order valence-electron chi connectivity index (χ0n) is 15.6. The molecule has 2 aliphatic heterocycles. The van der Waals surface area contributed by atoms with Gasteiger partial charge in [-0.15, -0.1) is 0 Å².